The van der Waals surface area contributed by atoms with E-state index >= 15 is 0 Å². The third-order valence-corrected chi connectivity index (χ3v) is 4.69. The topological polar surface area (TPSA) is 48.2 Å². The quantitative estimate of drug-likeness (QED) is 0.398. The van der Waals surface area contributed by atoms with Crippen molar-refractivity contribution in [2.75, 3.05) is 12.4 Å². The second-order valence-corrected chi connectivity index (χ2v) is 7.11. The molecule has 1 heterocycles. The van der Waals surface area contributed by atoms with Gasteiger partial charge < -0.3 is 9.15 Å². The Labute approximate surface area is 156 Å². The number of nitrogens with zero attached hydrogens (tertiary/aromatic N) is 2. The molecule has 1 aromatic heterocycles. The second kappa shape index (κ2) is 8.92. The molecule has 2 aromatic carbocycles. The van der Waals surface area contributed by atoms with E-state index in [0.29, 0.717) is 28.7 Å². The van der Waals surface area contributed by atoms with Crippen LogP contribution in [0.5, 0.6) is 5.75 Å². The van der Waals surface area contributed by atoms with E-state index in [2.05, 4.69) is 29.3 Å². The maximum absolute atomic E-state index is 5.92. The molecule has 1 unspecified atom stereocenters. The summed E-state index contributed by atoms with van der Waals surface area (Å²) in [4.78, 5) is 0. The minimum absolute atomic E-state index is 0.339. The molecule has 4 nitrogen and oxygen atoms in total. The van der Waals surface area contributed by atoms with Crippen LogP contribution < -0.4 is 4.74 Å². The Balaban J connectivity index is 1.44. The average molecular weight is 375 g/mol. The molecule has 0 saturated carbocycles. The molecule has 6 heteroatoms. The Hall–Kier alpha value is -1.98. The lowest BCUT2D eigenvalue weighted by atomic mass is 9.98. The minimum Gasteiger partial charge on any atom is -0.493 e. The van der Waals surface area contributed by atoms with Crippen molar-refractivity contribution in [3.63, 3.8) is 0 Å². The number of hydrogen-bond donors (Lipinski definition) is 0. The van der Waals surface area contributed by atoms with E-state index in [-0.39, 0.29) is 0 Å². The Morgan fingerprint density at radius 1 is 1.12 bits per heavy atom. The highest BCUT2D eigenvalue weighted by atomic mass is 35.5. The van der Waals surface area contributed by atoms with Crippen molar-refractivity contribution in [2.45, 2.75) is 24.5 Å². The molecule has 25 heavy (non-hydrogen) atoms. The van der Waals surface area contributed by atoms with Gasteiger partial charge in [0.15, 0.2) is 0 Å². The van der Waals surface area contributed by atoms with Gasteiger partial charge in [-0.3, -0.25) is 0 Å². The summed E-state index contributed by atoms with van der Waals surface area (Å²) >= 11 is 7.41. The fourth-order valence-corrected chi connectivity index (χ4v) is 3.16. The summed E-state index contributed by atoms with van der Waals surface area (Å²) in [5, 5.41) is 9.47. The molecular weight excluding hydrogens is 356 g/mol. The van der Waals surface area contributed by atoms with Crippen LogP contribution in [-0.2, 0) is 6.42 Å². The van der Waals surface area contributed by atoms with Crippen molar-refractivity contribution in [1.82, 2.24) is 10.2 Å². The van der Waals surface area contributed by atoms with Gasteiger partial charge in [-0.05, 0) is 29.7 Å². The lowest BCUT2D eigenvalue weighted by Gasteiger charge is -2.08. The van der Waals surface area contributed by atoms with E-state index in [9.17, 15) is 0 Å². The Bertz CT molecular complexity index is 795. The zero-order valence-electron chi connectivity index (χ0n) is 13.9. The van der Waals surface area contributed by atoms with E-state index in [4.69, 9.17) is 20.8 Å². The molecule has 0 bridgehead atoms. The molecule has 0 aliphatic heterocycles. The number of hydrogen-bond acceptors (Lipinski definition) is 5. The lowest BCUT2D eigenvalue weighted by Crippen LogP contribution is -1.99. The molecule has 0 saturated heterocycles. The Kier molecular flexibility index (Phi) is 6.36. The summed E-state index contributed by atoms with van der Waals surface area (Å²) < 4.78 is 11.4. The number of aromatic nitrogens is 2. The van der Waals surface area contributed by atoms with Crippen molar-refractivity contribution in [3.8, 4) is 5.75 Å². The predicted molar refractivity (Wildman–Crippen MR) is 101 cm³/mol. The molecule has 3 aromatic rings. The van der Waals surface area contributed by atoms with E-state index in [1.807, 2.05) is 36.4 Å². The first kappa shape index (κ1) is 17.8. The lowest BCUT2D eigenvalue weighted by molar-refractivity contribution is 0.342. The first-order valence-electron chi connectivity index (χ1n) is 8.09. The summed E-state index contributed by atoms with van der Waals surface area (Å²) in [5.74, 6) is 2.49. The summed E-state index contributed by atoms with van der Waals surface area (Å²) in [7, 11) is 0. The molecule has 0 amide bonds. The van der Waals surface area contributed by atoms with Gasteiger partial charge in [0.25, 0.3) is 5.22 Å². The van der Waals surface area contributed by atoms with Gasteiger partial charge in [0.2, 0.25) is 5.89 Å². The van der Waals surface area contributed by atoms with Crippen LogP contribution in [0.25, 0.3) is 0 Å². The van der Waals surface area contributed by atoms with Gasteiger partial charge in [-0.15, -0.1) is 10.2 Å². The highest BCUT2D eigenvalue weighted by Gasteiger charge is 2.12. The van der Waals surface area contributed by atoms with Crippen LogP contribution in [-0.4, -0.2) is 22.6 Å². The van der Waals surface area contributed by atoms with E-state index < -0.39 is 0 Å². The van der Waals surface area contributed by atoms with Crippen molar-refractivity contribution in [1.29, 1.82) is 0 Å². The van der Waals surface area contributed by atoms with E-state index in [0.717, 1.165) is 17.9 Å². The van der Waals surface area contributed by atoms with Crippen molar-refractivity contribution < 1.29 is 9.15 Å². The van der Waals surface area contributed by atoms with E-state index in [1.165, 1.54) is 17.3 Å². The van der Waals surface area contributed by atoms with Gasteiger partial charge in [-0.25, -0.2) is 0 Å². The normalized spacial score (nSPS) is 12.1. The number of rotatable bonds is 8. The third kappa shape index (κ3) is 5.51. The third-order valence-electron chi connectivity index (χ3n) is 3.67. The Morgan fingerprint density at radius 3 is 2.76 bits per heavy atom. The van der Waals surface area contributed by atoms with Crippen molar-refractivity contribution in [2.24, 2.45) is 0 Å². The van der Waals surface area contributed by atoms with Crippen LogP contribution in [0.1, 0.15) is 24.3 Å². The van der Waals surface area contributed by atoms with E-state index in [1.54, 1.807) is 6.07 Å². The van der Waals surface area contributed by atoms with Crippen LogP contribution in [0.2, 0.25) is 5.02 Å². The van der Waals surface area contributed by atoms with Gasteiger partial charge in [0.1, 0.15) is 5.75 Å². The van der Waals surface area contributed by atoms with Crippen molar-refractivity contribution >= 4 is 23.4 Å². The van der Waals surface area contributed by atoms with Gasteiger partial charge in [0.05, 0.1) is 6.61 Å². The molecule has 0 aliphatic rings. The predicted octanol–water partition coefficient (Wildman–Crippen LogP) is 5.24. The molecule has 0 aliphatic carbocycles. The van der Waals surface area contributed by atoms with Gasteiger partial charge in [0, 0.05) is 17.2 Å². The fraction of sp³-hybridized carbons (Fsp3) is 0.263. The van der Waals surface area contributed by atoms with Crippen LogP contribution in [0.15, 0.2) is 64.2 Å². The SMILES string of the molecule is CC(Cc1nnc(SCCOc2cccc(Cl)c2)o1)c1ccccc1. The monoisotopic (exact) mass is 374 g/mol. The van der Waals surface area contributed by atoms with Gasteiger partial charge in [-0.2, -0.15) is 0 Å². The second-order valence-electron chi connectivity index (χ2n) is 5.63. The molecule has 0 fully saturated rings. The molecule has 1 atom stereocenters. The maximum atomic E-state index is 5.92. The summed E-state index contributed by atoms with van der Waals surface area (Å²) in [6, 6.07) is 17.7. The Morgan fingerprint density at radius 2 is 1.96 bits per heavy atom. The maximum Gasteiger partial charge on any atom is 0.276 e. The summed E-state index contributed by atoms with van der Waals surface area (Å²) in [6.07, 6.45) is 0.733. The number of thioether (sulfide) groups is 1. The van der Waals surface area contributed by atoms with Crippen LogP contribution in [0.4, 0.5) is 0 Å². The number of halogens is 1. The molecule has 0 spiro atoms. The molecule has 0 N–H and O–H groups in total. The van der Waals surface area contributed by atoms with Gasteiger partial charge in [-0.1, -0.05) is 66.7 Å². The zero-order chi connectivity index (χ0) is 17.5. The first-order chi connectivity index (χ1) is 12.2. The largest absolute Gasteiger partial charge is 0.493 e. The molecule has 3 rings (SSSR count). The van der Waals surface area contributed by atoms with Crippen LogP contribution in [0, 0.1) is 0 Å². The van der Waals surface area contributed by atoms with Crippen LogP contribution in [0.3, 0.4) is 0 Å². The summed E-state index contributed by atoms with van der Waals surface area (Å²) in [5.41, 5.74) is 1.27. The molecular formula is C19H19ClN2O2S. The number of ether oxygens (including phenoxy) is 1. The van der Waals surface area contributed by atoms with Gasteiger partial charge >= 0.3 is 0 Å². The first-order valence-corrected chi connectivity index (χ1v) is 9.45. The van der Waals surface area contributed by atoms with Crippen LogP contribution >= 0.6 is 23.4 Å². The zero-order valence-corrected chi connectivity index (χ0v) is 15.5. The molecule has 130 valence electrons. The highest BCUT2D eigenvalue weighted by molar-refractivity contribution is 7.99. The minimum atomic E-state index is 0.339. The standard InChI is InChI=1S/C19H19ClN2O2S/c1-14(15-6-3-2-4-7-15)12-18-21-22-19(24-18)25-11-10-23-17-9-5-8-16(20)13-17/h2-9,13-14H,10-12H2,1H3. The number of benzene rings is 2. The smallest absolute Gasteiger partial charge is 0.276 e. The highest BCUT2D eigenvalue weighted by Crippen LogP contribution is 2.23. The van der Waals surface area contributed by atoms with Crippen molar-refractivity contribution in [3.05, 3.63) is 71.1 Å². The summed E-state index contributed by atoms with van der Waals surface area (Å²) in [6.45, 7) is 2.70. The fourth-order valence-electron chi connectivity index (χ4n) is 2.39. The average Bonchev–Trinajstić information content (AvgIpc) is 3.07. The molecule has 0 radical (unpaired) electrons.